The zero-order valence-electron chi connectivity index (χ0n) is 15.4. The number of hydrogen-bond acceptors (Lipinski definition) is 5. The molecule has 2 aromatic rings. The number of hydrogen-bond donors (Lipinski definition) is 1. The predicted octanol–water partition coefficient (Wildman–Crippen LogP) is 2.59. The van der Waals surface area contributed by atoms with Crippen LogP contribution >= 0.6 is 0 Å². The van der Waals surface area contributed by atoms with E-state index in [0.717, 1.165) is 49.5 Å². The van der Waals surface area contributed by atoms with E-state index in [1.165, 1.54) is 5.56 Å². The first-order valence-corrected chi connectivity index (χ1v) is 9.20. The summed E-state index contributed by atoms with van der Waals surface area (Å²) in [6.45, 7) is 3.17. The highest BCUT2D eigenvalue weighted by Crippen LogP contribution is 2.42. The first-order valence-electron chi connectivity index (χ1n) is 9.20. The number of benzene rings is 2. The average Bonchev–Trinajstić information content (AvgIpc) is 3.30. The number of carbonyl (C=O) groups is 1. The van der Waals surface area contributed by atoms with Crippen molar-refractivity contribution in [1.29, 1.82) is 0 Å². The Balaban J connectivity index is 1.39. The molecule has 0 radical (unpaired) electrons. The van der Waals surface area contributed by atoms with Gasteiger partial charge in [-0.25, -0.2) is 0 Å². The first kappa shape index (κ1) is 17.7. The van der Waals surface area contributed by atoms with E-state index in [0.29, 0.717) is 17.2 Å². The Morgan fingerprint density at radius 1 is 1.26 bits per heavy atom. The lowest BCUT2D eigenvalue weighted by Crippen LogP contribution is -2.20. The molecule has 142 valence electrons. The van der Waals surface area contributed by atoms with Gasteiger partial charge >= 0.3 is 0 Å². The molecule has 2 aliphatic heterocycles. The van der Waals surface area contributed by atoms with E-state index in [9.17, 15) is 4.79 Å². The highest BCUT2D eigenvalue weighted by atomic mass is 16.7. The van der Waals surface area contributed by atoms with E-state index in [1.807, 2.05) is 24.3 Å². The summed E-state index contributed by atoms with van der Waals surface area (Å²) in [6.07, 6.45) is 2.10. The van der Waals surface area contributed by atoms with Crippen LogP contribution in [0.15, 0.2) is 36.4 Å². The molecule has 1 atom stereocenters. The second-order valence-corrected chi connectivity index (χ2v) is 7.19. The number of primary amides is 1. The molecule has 4 rings (SSSR count). The minimum Gasteiger partial charge on any atom is -0.493 e. The van der Waals surface area contributed by atoms with Crippen molar-refractivity contribution in [3.63, 3.8) is 0 Å². The van der Waals surface area contributed by atoms with Crippen molar-refractivity contribution < 1.29 is 19.0 Å². The number of methoxy groups -OCH3 is 1. The minimum atomic E-state index is -0.373. The number of nitrogens with zero attached hydrogens (tertiary/aromatic N) is 1. The number of amides is 1. The van der Waals surface area contributed by atoms with Crippen LogP contribution in [0.4, 0.5) is 0 Å². The lowest BCUT2D eigenvalue weighted by Gasteiger charge is -2.17. The molecule has 1 unspecified atom stereocenters. The van der Waals surface area contributed by atoms with Gasteiger partial charge in [0.15, 0.2) is 11.5 Å². The maximum absolute atomic E-state index is 11.4. The van der Waals surface area contributed by atoms with Crippen LogP contribution in [0.1, 0.15) is 27.9 Å². The Morgan fingerprint density at radius 2 is 2.15 bits per heavy atom. The van der Waals surface area contributed by atoms with E-state index in [-0.39, 0.29) is 12.7 Å². The van der Waals surface area contributed by atoms with Gasteiger partial charge in [-0.1, -0.05) is 12.1 Å². The number of likely N-dealkylation sites (tertiary alicyclic amines) is 1. The lowest BCUT2D eigenvalue weighted by molar-refractivity contribution is 0.1000. The summed E-state index contributed by atoms with van der Waals surface area (Å²) in [6, 6.07) is 11.7. The first-order chi connectivity index (χ1) is 13.1. The summed E-state index contributed by atoms with van der Waals surface area (Å²) in [5, 5.41) is 0. The van der Waals surface area contributed by atoms with Crippen molar-refractivity contribution >= 4 is 5.91 Å². The van der Waals surface area contributed by atoms with Gasteiger partial charge in [-0.15, -0.1) is 0 Å². The van der Waals surface area contributed by atoms with Crippen molar-refractivity contribution in [2.75, 3.05) is 27.0 Å². The van der Waals surface area contributed by atoms with Gasteiger partial charge in [0.05, 0.1) is 7.11 Å². The van der Waals surface area contributed by atoms with Gasteiger partial charge in [0, 0.05) is 18.7 Å². The quantitative estimate of drug-likeness (QED) is 0.848. The predicted molar refractivity (Wildman–Crippen MR) is 101 cm³/mol. The summed E-state index contributed by atoms with van der Waals surface area (Å²) in [7, 11) is 1.65. The molecule has 1 amide bonds. The molecular weight excluding hydrogens is 344 g/mol. The monoisotopic (exact) mass is 368 g/mol. The van der Waals surface area contributed by atoms with Crippen LogP contribution in [0, 0.1) is 5.92 Å². The molecule has 0 aliphatic carbocycles. The van der Waals surface area contributed by atoms with Gasteiger partial charge in [-0.3, -0.25) is 9.69 Å². The average molecular weight is 368 g/mol. The van der Waals surface area contributed by atoms with E-state index in [2.05, 4.69) is 11.0 Å². The molecule has 0 bridgehead atoms. The number of nitrogens with two attached hydrogens (primary N) is 1. The van der Waals surface area contributed by atoms with Crippen LogP contribution in [0.3, 0.4) is 0 Å². The highest BCUT2D eigenvalue weighted by Gasteiger charge is 2.25. The van der Waals surface area contributed by atoms with Crippen molar-refractivity contribution in [1.82, 2.24) is 4.90 Å². The molecule has 2 heterocycles. The Labute approximate surface area is 158 Å². The molecular formula is C21H24N2O4. The smallest absolute Gasteiger partial charge is 0.248 e. The van der Waals surface area contributed by atoms with Crippen molar-refractivity contribution in [3.05, 3.63) is 53.1 Å². The van der Waals surface area contributed by atoms with Crippen LogP contribution in [-0.2, 0) is 13.0 Å². The number of ether oxygens (including phenoxy) is 3. The van der Waals surface area contributed by atoms with Gasteiger partial charge in [0.1, 0.15) is 0 Å². The van der Waals surface area contributed by atoms with Crippen molar-refractivity contribution in [2.24, 2.45) is 11.7 Å². The summed E-state index contributed by atoms with van der Waals surface area (Å²) >= 11 is 0. The molecule has 27 heavy (non-hydrogen) atoms. The summed E-state index contributed by atoms with van der Waals surface area (Å²) < 4.78 is 16.4. The molecule has 2 aromatic carbocycles. The fraction of sp³-hybridized carbons (Fsp3) is 0.381. The Kier molecular flexibility index (Phi) is 4.90. The molecule has 0 spiro atoms. The van der Waals surface area contributed by atoms with E-state index >= 15 is 0 Å². The SMILES string of the molecule is COc1cc(CN2CCC(Cc3cccc(C(N)=O)c3)C2)cc2c1OCO2. The van der Waals surface area contributed by atoms with Gasteiger partial charge < -0.3 is 19.9 Å². The van der Waals surface area contributed by atoms with Crippen molar-refractivity contribution in [2.45, 2.75) is 19.4 Å². The maximum atomic E-state index is 11.4. The molecule has 6 heteroatoms. The number of carbonyl (C=O) groups excluding carboxylic acids is 1. The number of fused-ring (bicyclic) bond motifs is 1. The Morgan fingerprint density at radius 3 is 2.96 bits per heavy atom. The standard InChI is InChI=1S/C21H24N2O4/c1-25-18-9-16(10-19-20(18)27-13-26-19)12-23-6-5-15(11-23)7-14-3-2-4-17(8-14)21(22)24/h2-4,8-10,15H,5-7,11-13H2,1H3,(H2,22,24). The molecule has 0 aromatic heterocycles. The fourth-order valence-corrected chi connectivity index (χ4v) is 3.94. The molecule has 6 nitrogen and oxygen atoms in total. The van der Waals surface area contributed by atoms with Crippen LogP contribution in [0.5, 0.6) is 17.2 Å². The molecule has 2 N–H and O–H groups in total. The van der Waals surface area contributed by atoms with E-state index in [4.69, 9.17) is 19.9 Å². The summed E-state index contributed by atoms with van der Waals surface area (Å²) in [4.78, 5) is 13.8. The van der Waals surface area contributed by atoms with Crippen LogP contribution in [-0.4, -0.2) is 37.8 Å². The highest BCUT2D eigenvalue weighted by molar-refractivity contribution is 5.92. The second-order valence-electron chi connectivity index (χ2n) is 7.19. The Bertz CT molecular complexity index is 852. The third kappa shape index (κ3) is 3.85. The zero-order chi connectivity index (χ0) is 18.8. The topological polar surface area (TPSA) is 74.0 Å². The van der Waals surface area contributed by atoms with Crippen LogP contribution in [0.25, 0.3) is 0 Å². The van der Waals surface area contributed by atoms with Crippen LogP contribution in [0.2, 0.25) is 0 Å². The van der Waals surface area contributed by atoms with Gasteiger partial charge in [-0.2, -0.15) is 0 Å². The summed E-state index contributed by atoms with van der Waals surface area (Å²) in [5.41, 5.74) is 8.29. The largest absolute Gasteiger partial charge is 0.493 e. The normalized spacial score (nSPS) is 18.6. The lowest BCUT2D eigenvalue weighted by atomic mass is 9.97. The minimum absolute atomic E-state index is 0.241. The Hall–Kier alpha value is -2.73. The zero-order valence-corrected chi connectivity index (χ0v) is 15.4. The van der Waals surface area contributed by atoms with Gasteiger partial charge in [0.25, 0.3) is 0 Å². The van der Waals surface area contributed by atoms with E-state index in [1.54, 1.807) is 13.2 Å². The van der Waals surface area contributed by atoms with E-state index < -0.39 is 0 Å². The third-order valence-electron chi connectivity index (χ3n) is 5.23. The fourth-order valence-electron chi connectivity index (χ4n) is 3.94. The molecule has 2 aliphatic rings. The molecule has 1 saturated heterocycles. The molecule has 0 saturated carbocycles. The number of rotatable bonds is 6. The van der Waals surface area contributed by atoms with Crippen LogP contribution < -0.4 is 19.9 Å². The molecule has 1 fully saturated rings. The third-order valence-corrected chi connectivity index (χ3v) is 5.23. The maximum Gasteiger partial charge on any atom is 0.248 e. The van der Waals surface area contributed by atoms with Gasteiger partial charge in [-0.05, 0) is 60.7 Å². The summed E-state index contributed by atoms with van der Waals surface area (Å²) in [5.74, 6) is 2.36. The van der Waals surface area contributed by atoms with Gasteiger partial charge in [0.2, 0.25) is 18.4 Å². The van der Waals surface area contributed by atoms with Crippen molar-refractivity contribution in [3.8, 4) is 17.2 Å². The second kappa shape index (κ2) is 7.48.